The zero-order chi connectivity index (χ0) is 23.7. The number of hydrogen-bond acceptors (Lipinski definition) is 5. The number of nitrogens with one attached hydrogen (secondary N) is 2. The molecule has 1 unspecified atom stereocenters. The van der Waals surface area contributed by atoms with Crippen LogP contribution in [-0.2, 0) is 0 Å². The van der Waals surface area contributed by atoms with Gasteiger partial charge in [-0.2, -0.15) is 0 Å². The molecule has 0 bridgehead atoms. The summed E-state index contributed by atoms with van der Waals surface area (Å²) in [4.78, 5) is 24.9. The van der Waals surface area contributed by atoms with Crippen LogP contribution < -0.4 is 11.1 Å². The Morgan fingerprint density at radius 1 is 1.09 bits per heavy atom. The quantitative estimate of drug-likeness (QED) is 0.373. The minimum atomic E-state index is -0.262. The summed E-state index contributed by atoms with van der Waals surface area (Å²) in [6.07, 6.45) is 1.40. The van der Waals surface area contributed by atoms with Crippen molar-refractivity contribution >= 4 is 16.8 Å². The number of fused-ring (bicyclic) bond motifs is 1. The number of amides is 1. The predicted octanol–water partition coefficient (Wildman–Crippen LogP) is 4.95. The van der Waals surface area contributed by atoms with Crippen molar-refractivity contribution in [2.75, 3.05) is 13.1 Å². The molecule has 1 amide bonds. The molecule has 172 valence electrons. The third-order valence-corrected chi connectivity index (χ3v) is 5.78. The van der Waals surface area contributed by atoms with Crippen LogP contribution in [0.4, 0.5) is 0 Å². The molecule has 1 atom stereocenters. The minimum absolute atomic E-state index is 0.202. The van der Waals surface area contributed by atoms with Crippen molar-refractivity contribution in [2.45, 2.75) is 40.5 Å². The van der Waals surface area contributed by atoms with Crippen LogP contribution in [0.1, 0.15) is 54.1 Å². The standard InChI is InChI=1S/C26H31N5O2/c1-14(2)23-20-10-18(26-31-22(13-33-26)25(32)28-12-15(3)11-27)6-7-21(20)30-24(23)19-8-16(4)29-17(5)9-19/h6-10,13-15,30H,11-12,27H2,1-5H3,(H,28,32). The zero-order valence-corrected chi connectivity index (χ0v) is 19.8. The summed E-state index contributed by atoms with van der Waals surface area (Å²) in [6.45, 7) is 11.4. The molecule has 0 aliphatic heterocycles. The van der Waals surface area contributed by atoms with Crippen LogP contribution in [0.2, 0.25) is 0 Å². The van der Waals surface area contributed by atoms with E-state index >= 15 is 0 Å². The molecule has 4 aromatic rings. The third kappa shape index (κ3) is 4.68. The second-order valence-electron chi connectivity index (χ2n) is 9.06. The van der Waals surface area contributed by atoms with Crippen molar-refractivity contribution in [1.82, 2.24) is 20.3 Å². The van der Waals surface area contributed by atoms with Crippen LogP contribution in [0.5, 0.6) is 0 Å². The van der Waals surface area contributed by atoms with E-state index in [0.29, 0.717) is 24.9 Å². The van der Waals surface area contributed by atoms with E-state index in [1.165, 1.54) is 11.8 Å². The highest BCUT2D eigenvalue weighted by atomic mass is 16.3. The molecule has 0 spiro atoms. The van der Waals surface area contributed by atoms with E-state index in [4.69, 9.17) is 10.2 Å². The monoisotopic (exact) mass is 445 g/mol. The van der Waals surface area contributed by atoms with Crippen molar-refractivity contribution in [3.05, 3.63) is 59.2 Å². The lowest BCUT2D eigenvalue weighted by Gasteiger charge is -2.10. The molecule has 3 heterocycles. The van der Waals surface area contributed by atoms with Gasteiger partial charge in [-0.25, -0.2) is 4.98 Å². The molecule has 7 nitrogen and oxygen atoms in total. The summed E-state index contributed by atoms with van der Waals surface area (Å²) in [5.74, 6) is 0.657. The van der Waals surface area contributed by atoms with E-state index in [0.717, 1.165) is 39.1 Å². The first-order valence-corrected chi connectivity index (χ1v) is 11.3. The number of carbonyl (C=O) groups is 1. The van der Waals surface area contributed by atoms with Gasteiger partial charge in [-0.3, -0.25) is 9.78 Å². The largest absolute Gasteiger partial charge is 0.444 e. The number of nitrogens with zero attached hydrogens (tertiary/aromatic N) is 2. The van der Waals surface area contributed by atoms with Gasteiger partial charge in [0.1, 0.15) is 6.26 Å². The van der Waals surface area contributed by atoms with E-state index in [-0.39, 0.29) is 17.5 Å². The van der Waals surface area contributed by atoms with Gasteiger partial charge in [-0.15, -0.1) is 0 Å². The van der Waals surface area contributed by atoms with Gasteiger partial charge in [0, 0.05) is 40.0 Å². The summed E-state index contributed by atoms with van der Waals surface area (Å²) >= 11 is 0. The maximum atomic E-state index is 12.4. The molecular formula is C26H31N5O2. The number of oxazole rings is 1. The second kappa shape index (κ2) is 9.19. The van der Waals surface area contributed by atoms with E-state index in [1.54, 1.807) is 0 Å². The Hall–Kier alpha value is -3.45. The number of aromatic nitrogens is 3. The van der Waals surface area contributed by atoms with E-state index in [9.17, 15) is 4.79 Å². The molecule has 7 heteroatoms. The number of nitrogens with two attached hydrogens (primary N) is 1. The summed E-state index contributed by atoms with van der Waals surface area (Å²) < 4.78 is 5.66. The number of pyridine rings is 1. The highest BCUT2D eigenvalue weighted by molar-refractivity contribution is 5.95. The van der Waals surface area contributed by atoms with Crippen molar-refractivity contribution < 1.29 is 9.21 Å². The molecule has 33 heavy (non-hydrogen) atoms. The van der Waals surface area contributed by atoms with E-state index in [1.807, 2.05) is 32.9 Å². The first kappa shape index (κ1) is 22.7. The van der Waals surface area contributed by atoms with Crippen molar-refractivity contribution in [3.63, 3.8) is 0 Å². The molecule has 3 aromatic heterocycles. The summed E-state index contributed by atoms with van der Waals surface area (Å²) in [7, 11) is 0. The molecule has 0 radical (unpaired) electrons. The van der Waals surface area contributed by atoms with Crippen LogP contribution in [0, 0.1) is 19.8 Å². The van der Waals surface area contributed by atoms with Gasteiger partial charge in [-0.05, 0) is 68.1 Å². The summed E-state index contributed by atoms with van der Waals surface area (Å²) in [5, 5.41) is 3.96. The molecular weight excluding hydrogens is 414 g/mol. The first-order chi connectivity index (χ1) is 15.8. The zero-order valence-electron chi connectivity index (χ0n) is 19.8. The SMILES string of the molecule is Cc1cc(-c2[nH]c3ccc(-c4nc(C(=O)NCC(C)CN)co4)cc3c2C(C)C)cc(C)n1. The fraction of sp³-hybridized carbons (Fsp3) is 0.346. The van der Waals surface area contributed by atoms with Gasteiger partial charge in [0.25, 0.3) is 5.91 Å². The lowest BCUT2D eigenvalue weighted by Crippen LogP contribution is -2.31. The van der Waals surface area contributed by atoms with Crippen molar-refractivity contribution in [2.24, 2.45) is 11.7 Å². The molecule has 1 aromatic carbocycles. The Kier molecular flexibility index (Phi) is 6.33. The Bertz CT molecular complexity index is 1280. The average molecular weight is 446 g/mol. The highest BCUT2D eigenvalue weighted by Crippen LogP contribution is 2.37. The molecule has 0 fully saturated rings. The smallest absolute Gasteiger partial charge is 0.273 e. The second-order valence-corrected chi connectivity index (χ2v) is 9.06. The lowest BCUT2D eigenvalue weighted by molar-refractivity contribution is 0.0943. The number of aryl methyl sites for hydroxylation is 2. The topological polar surface area (TPSA) is 110 Å². The summed E-state index contributed by atoms with van der Waals surface area (Å²) in [6, 6.07) is 10.3. The maximum absolute atomic E-state index is 12.4. The van der Waals surface area contributed by atoms with Crippen LogP contribution in [0.15, 0.2) is 41.0 Å². The van der Waals surface area contributed by atoms with Gasteiger partial charge < -0.3 is 20.5 Å². The number of carbonyl (C=O) groups excluding carboxylic acids is 1. The van der Waals surface area contributed by atoms with E-state index < -0.39 is 0 Å². The Morgan fingerprint density at radius 2 is 1.82 bits per heavy atom. The molecule has 4 rings (SSSR count). The minimum Gasteiger partial charge on any atom is -0.444 e. The maximum Gasteiger partial charge on any atom is 0.273 e. The van der Waals surface area contributed by atoms with Crippen LogP contribution >= 0.6 is 0 Å². The number of rotatable bonds is 7. The van der Waals surface area contributed by atoms with Gasteiger partial charge in [0.2, 0.25) is 5.89 Å². The fourth-order valence-corrected chi connectivity index (χ4v) is 4.10. The Balaban J connectivity index is 1.71. The molecule has 0 saturated carbocycles. The van der Waals surface area contributed by atoms with Gasteiger partial charge >= 0.3 is 0 Å². The molecule has 4 N–H and O–H groups in total. The van der Waals surface area contributed by atoms with Crippen LogP contribution in [0.3, 0.4) is 0 Å². The number of hydrogen-bond donors (Lipinski definition) is 3. The van der Waals surface area contributed by atoms with Crippen LogP contribution in [0.25, 0.3) is 33.6 Å². The normalized spacial score (nSPS) is 12.5. The molecule has 0 saturated heterocycles. The average Bonchev–Trinajstić information content (AvgIpc) is 3.41. The highest BCUT2D eigenvalue weighted by Gasteiger charge is 2.19. The fourth-order valence-electron chi connectivity index (χ4n) is 4.10. The van der Waals surface area contributed by atoms with Crippen molar-refractivity contribution in [1.29, 1.82) is 0 Å². The van der Waals surface area contributed by atoms with Gasteiger partial charge in [-0.1, -0.05) is 20.8 Å². The number of H-pyrrole nitrogens is 1. The Labute approximate surface area is 193 Å². The lowest BCUT2D eigenvalue weighted by atomic mass is 9.95. The first-order valence-electron chi connectivity index (χ1n) is 11.3. The van der Waals surface area contributed by atoms with Crippen LogP contribution in [-0.4, -0.2) is 33.9 Å². The predicted molar refractivity (Wildman–Crippen MR) is 131 cm³/mol. The third-order valence-electron chi connectivity index (χ3n) is 5.78. The van der Waals surface area contributed by atoms with Gasteiger partial charge in [0.05, 0.1) is 5.69 Å². The van der Waals surface area contributed by atoms with E-state index in [2.05, 4.69) is 52.3 Å². The van der Waals surface area contributed by atoms with Gasteiger partial charge in [0.15, 0.2) is 5.69 Å². The Morgan fingerprint density at radius 3 is 2.48 bits per heavy atom. The molecule has 0 aliphatic carbocycles. The van der Waals surface area contributed by atoms with Crippen molar-refractivity contribution in [3.8, 4) is 22.7 Å². The summed E-state index contributed by atoms with van der Waals surface area (Å²) in [5.41, 5.74) is 13.2. The number of aromatic amines is 1. The molecule has 0 aliphatic rings. The number of benzene rings is 1.